The fraction of sp³-hybridized carbons (Fsp3) is 0.346. The molecule has 0 aliphatic carbocycles. The molecule has 32 heavy (non-hydrogen) atoms. The molecule has 2 aromatic carbocycles. The Bertz CT molecular complexity index is 1200. The summed E-state index contributed by atoms with van der Waals surface area (Å²) in [6, 6.07) is 17.0. The molecule has 4 rings (SSSR count). The summed E-state index contributed by atoms with van der Waals surface area (Å²) in [4.78, 5) is 40.5. The van der Waals surface area contributed by atoms with E-state index in [4.69, 9.17) is 0 Å². The van der Waals surface area contributed by atoms with Crippen LogP contribution in [0.15, 0.2) is 54.6 Å². The van der Waals surface area contributed by atoms with Crippen molar-refractivity contribution in [3.8, 4) is 11.3 Å². The topological polar surface area (TPSA) is 71.4 Å². The summed E-state index contributed by atoms with van der Waals surface area (Å²) in [5.41, 5.74) is 2.27. The Balaban J connectivity index is 1.78. The van der Waals surface area contributed by atoms with Gasteiger partial charge in [-0.1, -0.05) is 62.4 Å². The Morgan fingerprint density at radius 1 is 1.03 bits per heavy atom. The molecule has 0 saturated carbocycles. The van der Waals surface area contributed by atoms with Gasteiger partial charge in [-0.25, -0.2) is 4.79 Å². The van der Waals surface area contributed by atoms with E-state index in [1.54, 1.807) is 6.92 Å². The molecule has 6 nitrogen and oxygen atoms in total. The van der Waals surface area contributed by atoms with Crippen molar-refractivity contribution in [1.29, 1.82) is 0 Å². The summed E-state index contributed by atoms with van der Waals surface area (Å²) in [5, 5.41) is 3.63. The van der Waals surface area contributed by atoms with Crippen LogP contribution in [0.3, 0.4) is 0 Å². The molecule has 0 bridgehead atoms. The van der Waals surface area contributed by atoms with Crippen molar-refractivity contribution >= 4 is 28.6 Å². The average Bonchev–Trinajstić information content (AvgIpc) is 3.20. The van der Waals surface area contributed by atoms with Gasteiger partial charge in [0.25, 0.3) is 5.91 Å². The third-order valence-corrected chi connectivity index (χ3v) is 6.08. The minimum Gasteiger partial charge on any atom is -0.340 e. The third kappa shape index (κ3) is 3.60. The van der Waals surface area contributed by atoms with Crippen LogP contribution in [0.1, 0.15) is 44.5 Å². The highest BCUT2D eigenvalue weighted by Crippen LogP contribution is 2.35. The van der Waals surface area contributed by atoms with E-state index >= 15 is 0 Å². The van der Waals surface area contributed by atoms with E-state index in [1.807, 2.05) is 75.4 Å². The first-order chi connectivity index (χ1) is 15.3. The minimum absolute atomic E-state index is 0.229. The molecule has 1 aliphatic heterocycles. The second-order valence-corrected chi connectivity index (χ2v) is 9.03. The molecule has 0 radical (unpaired) electrons. The number of para-hydroxylation sites is 1. The molecule has 166 valence electrons. The predicted octanol–water partition coefficient (Wildman–Crippen LogP) is 4.87. The van der Waals surface area contributed by atoms with Gasteiger partial charge < -0.3 is 9.88 Å². The fourth-order valence-electron chi connectivity index (χ4n) is 4.88. The van der Waals surface area contributed by atoms with Crippen LogP contribution in [0.25, 0.3) is 22.2 Å². The van der Waals surface area contributed by atoms with Crippen molar-refractivity contribution in [1.82, 2.24) is 14.8 Å². The van der Waals surface area contributed by atoms with E-state index in [-0.39, 0.29) is 24.2 Å². The molecule has 1 aliphatic rings. The quantitative estimate of drug-likeness (QED) is 0.429. The maximum absolute atomic E-state index is 13.7. The summed E-state index contributed by atoms with van der Waals surface area (Å²) < 4.78 is 2.12. The predicted molar refractivity (Wildman–Crippen MR) is 125 cm³/mol. The molecule has 3 amide bonds. The van der Waals surface area contributed by atoms with E-state index in [0.717, 1.165) is 27.1 Å². The Morgan fingerprint density at radius 3 is 2.34 bits per heavy atom. The average molecular weight is 432 g/mol. The lowest BCUT2D eigenvalue weighted by molar-refractivity contribution is -0.131. The van der Waals surface area contributed by atoms with Gasteiger partial charge in [0.05, 0.1) is 17.8 Å². The van der Waals surface area contributed by atoms with Crippen LogP contribution in [-0.4, -0.2) is 39.3 Å². The SMILES string of the molecule is CCn1c(-c2ccccc2)c(C(=O)CN2C(=O)NC(C)(CC(C)C)C2=O)c2ccccc21. The van der Waals surface area contributed by atoms with Crippen molar-refractivity contribution in [3.63, 3.8) is 0 Å². The van der Waals surface area contributed by atoms with E-state index in [0.29, 0.717) is 18.5 Å². The lowest BCUT2D eigenvalue weighted by Crippen LogP contribution is -2.45. The van der Waals surface area contributed by atoms with Gasteiger partial charge in [0.2, 0.25) is 0 Å². The third-order valence-electron chi connectivity index (χ3n) is 6.08. The van der Waals surface area contributed by atoms with Crippen molar-refractivity contribution < 1.29 is 14.4 Å². The Morgan fingerprint density at radius 2 is 1.69 bits per heavy atom. The van der Waals surface area contributed by atoms with Crippen molar-refractivity contribution in [2.24, 2.45) is 5.92 Å². The number of hydrogen-bond acceptors (Lipinski definition) is 3. The van der Waals surface area contributed by atoms with Gasteiger partial charge in [0.1, 0.15) is 5.54 Å². The minimum atomic E-state index is -0.981. The molecule has 1 unspecified atom stereocenters. The zero-order valence-corrected chi connectivity index (χ0v) is 19.0. The van der Waals surface area contributed by atoms with Crippen LogP contribution in [0, 0.1) is 5.92 Å². The number of nitrogens with zero attached hydrogens (tertiary/aromatic N) is 2. The zero-order valence-electron chi connectivity index (χ0n) is 19.0. The lowest BCUT2D eigenvalue weighted by atomic mass is 9.91. The van der Waals surface area contributed by atoms with Gasteiger partial charge in [-0.05, 0) is 37.8 Å². The van der Waals surface area contributed by atoms with Crippen LogP contribution < -0.4 is 5.32 Å². The number of fused-ring (bicyclic) bond motifs is 1. The van der Waals surface area contributed by atoms with Gasteiger partial charge in [-0.15, -0.1) is 0 Å². The molecule has 1 N–H and O–H groups in total. The summed E-state index contributed by atoms with van der Waals surface area (Å²) in [6.07, 6.45) is 0.521. The molecule has 1 aromatic heterocycles. The number of imide groups is 1. The summed E-state index contributed by atoms with van der Waals surface area (Å²) in [5.74, 6) is -0.360. The number of aromatic nitrogens is 1. The highest BCUT2D eigenvalue weighted by molar-refractivity contribution is 6.17. The Kier molecular flexibility index (Phi) is 5.63. The summed E-state index contributed by atoms with van der Waals surface area (Å²) in [6.45, 7) is 8.19. The number of nitrogens with one attached hydrogen (secondary N) is 1. The number of amides is 3. The molecular weight excluding hydrogens is 402 g/mol. The van der Waals surface area contributed by atoms with Gasteiger partial charge in [-0.3, -0.25) is 14.5 Å². The van der Waals surface area contributed by atoms with Gasteiger partial charge in [0.15, 0.2) is 5.78 Å². The fourth-order valence-corrected chi connectivity index (χ4v) is 4.88. The van der Waals surface area contributed by atoms with Gasteiger partial charge >= 0.3 is 6.03 Å². The van der Waals surface area contributed by atoms with E-state index in [9.17, 15) is 14.4 Å². The van der Waals surface area contributed by atoms with E-state index in [2.05, 4.69) is 9.88 Å². The number of ketones is 1. The zero-order chi connectivity index (χ0) is 23.0. The van der Waals surface area contributed by atoms with Crippen molar-refractivity contribution in [3.05, 3.63) is 60.2 Å². The molecule has 3 aromatic rings. The molecule has 1 fully saturated rings. The second-order valence-electron chi connectivity index (χ2n) is 9.03. The van der Waals surface area contributed by atoms with E-state index < -0.39 is 11.6 Å². The summed E-state index contributed by atoms with van der Waals surface area (Å²) in [7, 11) is 0. The standard InChI is InChI=1S/C26H29N3O3/c1-5-28-20-14-10-9-13-19(20)22(23(28)18-11-7-6-8-12-18)21(30)16-29-24(31)26(4,15-17(2)3)27-25(29)32/h6-14,17H,5,15-16H2,1-4H3,(H,27,32). The highest BCUT2D eigenvalue weighted by atomic mass is 16.2. The number of Topliss-reactive ketones (excluding diaryl/α,β-unsaturated/α-hetero) is 1. The van der Waals surface area contributed by atoms with Gasteiger partial charge in [-0.2, -0.15) is 0 Å². The first-order valence-electron chi connectivity index (χ1n) is 11.1. The number of hydrogen-bond donors (Lipinski definition) is 1. The number of carbonyl (C=O) groups is 3. The van der Waals surface area contributed by atoms with Crippen molar-refractivity contribution in [2.45, 2.75) is 46.2 Å². The maximum atomic E-state index is 13.7. The maximum Gasteiger partial charge on any atom is 0.325 e. The number of urea groups is 1. The van der Waals surface area contributed by atoms with Crippen molar-refractivity contribution in [2.75, 3.05) is 6.54 Å². The van der Waals surface area contributed by atoms with Gasteiger partial charge in [0, 0.05) is 17.4 Å². The number of rotatable bonds is 7. The molecule has 6 heteroatoms. The summed E-state index contributed by atoms with van der Waals surface area (Å²) >= 11 is 0. The van der Waals surface area contributed by atoms with E-state index in [1.165, 1.54) is 0 Å². The van der Waals surface area contributed by atoms with Crippen LogP contribution in [0.2, 0.25) is 0 Å². The van der Waals surface area contributed by atoms with Crippen LogP contribution in [0.5, 0.6) is 0 Å². The Hall–Kier alpha value is -3.41. The number of carbonyl (C=O) groups excluding carboxylic acids is 3. The largest absolute Gasteiger partial charge is 0.340 e. The first kappa shape index (κ1) is 21.8. The molecule has 0 spiro atoms. The normalized spacial score (nSPS) is 18.6. The van der Waals surface area contributed by atoms with Crippen LogP contribution in [0.4, 0.5) is 4.79 Å². The molecular formula is C26H29N3O3. The van der Waals surface area contributed by atoms with Crippen LogP contribution in [-0.2, 0) is 11.3 Å². The monoisotopic (exact) mass is 431 g/mol. The molecule has 2 heterocycles. The first-order valence-corrected chi connectivity index (χ1v) is 11.1. The number of benzene rings is 2. The highest BCUT2D eigenvalue weighted by Gasteiger charge is 2.48. The Labute approximate surface area is 188 Å². The molecule has 1 atom stereocenters. The lowest BCUT2D eigenvalue weighted by Gasteiger charge is -2.23. The smallest absolute Gasteiger partial charge is 0.325 e. The molecule has 1 saturated heterocycles. The van der Waals surface area contributed by atoms with Crippen LogP contribution >= 0.6 is 0 Å². The number of aryl methyl sites for hydroxylation is 1. The second kappa shape index (κ2) is 8.26.